The highest BCUT2D eigenvalue weighted by atomic mass is 32.1. The predicted molar refractivity (Wildman–Crippen MR) is 100.0 cm³/mol. The Balaban J connectivity index is 1.72. The summed E-state index contributed by atoms with van der Waals surface area (Å²) in [6.45, 7) is 0. The normalized spacial score (nSPS) is 10.8. The lowest BCUT2D eigenvalue weighted by Gasteiger charge is -2.06. The fourth-order valence-electron chi connectivity index (χ4n) is 2.19. The minimum Gasteiger partial charge on any atom is -0.508 e. The molecule has 0 amide bonds. The average Bonchev–Trinajstić information content (AvgIpc) is 3.11. The summed E-state index contributed by atoms with van der Waals surface area (Å²) in [5.74, 6) is 1.66. The van der Waals surface area contributed by atoms with Gasteiger partial charge in [-0.15, -0.1) is 11.3 Å². The standard InChI is InChI=1S/C18H17N3O3S/c1-23-15-7-8-17(24-2)13(9-15)10-19-21-18-20-16(11-25-18)12-3-5-14(22)6-4-12/h3-11,22H,1-2H3,(H,20,21)/b19-10-. The molecule has 0 aliphatic rings. The number of aromatic nitrogens is 1. The van der Waals surface area contributed by atoms with Crippen LogP contribution in [0.15, 0.2) is 52.9 Å². The molecule has 0 unspecified atom stereocenters. The minimum atomic E-state index is 0.231. The maximum atomic E-state index is 9.34. The number of hydrogen-bond donors (Lipinski definition) is 2. The zero-order valence-electron chi connectivity index (χ0n) is 13.8. The lowest BCUT2D eigenvalue weighted by molar-refractivity contribution is 0.402. The first kappa shape index (κ1) is 16.8. The first-order chi connectivity index (χ1) is 12.2. The second-order valence-electron chi connectivity index (χ2n) is 5.06. The molecule has 0 bridgehead atoms. The number of anilines is 1. The summed E-state index contributed by atoms with van der Waals surface area (Å²) in [5, 5.41) is 16.2. The predicted octanol–water partition coefficient (Wildman–Crippen LogP) is 3.98. The van der Waals surface area contributed by atoms with Crippen LogP contribution in [0.4, 0.5) is 5.13 Å². The van der Waals surface area contributed by atoms with Crippen LogP contribution in [0.1, 0.15) is 5.56 Å². The van der Waals surface area contributed by atoms with E-state index >= 15 is 0 Å². The van der Waals surface area contributed by atoms with E-state index in [1.54, 1.807) is 32.6 Å². The van der Waals surface area contributed by atoms with Crippen LogP contribution in [-0.2, 0) is 0 Å². The maximum absolute atomic E-state index is 9.34. The molecule has 128 valence electrons. The van der Waals surface area contributed by atoms with E-state index in [0.717, 1.165) is 22.6 Å². The number of rotatable bonds is 6. The maximum Gasteiger partial charge on any atom is 0.203 e. The van der Waals surface area contributed by atoms with Gasteiger partial charge in [-0.05, 0) is 42.5 Å². The molecular weight excluding hydrogens is 338 g/mol. The van der Waals surface area contributed by atoms with Gasteiger partial charge in [-0.1, -0.05) is 0 Å². The van der Waals surface area contributed by atoms with Gasteiger partial charge in [-0.3, -0.25) is 5.43 Å². The molecule has 3 rings (SSSR count). The van der Waals surface area contributed by atoms with Crippen LogP contribution in [0.3, 0.4) is 0 Å². The third-order valence-electron chi connectivity index (χ3n) is 3.47. The van der Waals surface area contributed by atoms with E-state index in [1.807, 2.05) is 35.7 Å². The first-order valence-corrected chi connectivity index (χ1v) is 8.33. The van der Waals surface area contributed by atoms with Crippen molar-refractivity contribution < 1.29 is 14.6 Å². The van der Waals surface area contributed by atoms with Gasteiger partial charge in [0.25, 0.3) is 0 Å². The Hall–Kier alpha value is -3.06. The van der Waals surface area contributed by atoms with Gasteiger partial charge in [-0.2, -0.15) is 5.10 Å². The first-order valence-electron chi connectivity index (χ1n) is 7.45. The van der Waals surface area contributed by atoms with E-state index in [4.69, 9.17) is 9.47 Å². The summed E-state index contributed by atoms with van der Waals surface area (Å²) in [7, 11) is 3.22. The quantitative estimate of drug-likeness (QED) is 0.517. The lowest BCUT2D eigenvalue weighted by atomic mass is 10.2. The Bertz CT molecular complexity index is 876. The van der Waals surface area contributed by atoms with Gasteiger partial charge >= 0.3 is 0 Å². The number of nitrogens with one attached hydrogen (secondary N) is 1. The number of phenols is 1. The molecule has 0 fully saturated rings. The van der Waals surface area contributed by atoms with Gasteiger partial charge in [-0.25, -0.2) is 4.98 Å². The number of hydrogen-bond acceptors (Lipinski definition) is 7. The summed E-state index contributed by atoms with van der Waals surface area (Å²) in [6, 6.07) is 12.4. The molecule has 0 saturated heterocycles. The van der Waals surface area contributed by atoms with Gasteiger partial charge in [0.15, 0.2) is 0 Å². The molecule has 2 aromatic carbocycles. The number of nitrogens with zero attached hydrogens (tertiary/aromatic N) is 2. The Kier molecular flexibility index (Phi) is 5.15. The van der Waals surface area contributed by atoms with Crippen LogP contribution in [-0.4, -0.2) is 30.5 Å². The summed E-state index contributed by atoms with van der Waals surface area (Å²) < 4.78 is 10.5. The second kappa shape index (κ2) is 7.67. The molecule has 25 heavy (non-hydrogen) atoms. The van der Waals surface area contributed by atoms with Crippen molar-refractivity contribution >= 4 is 22.7 Å². The van der Waals surface area contributed by atoms with Crippen molar-refractivity contribution in [2.45, 2.75) is 0 Å². The van der Waals surface area contributed by atoms with Crippen molar-refractivity contribution in [1.29, 1.82) is 0 Å². The van der Waals surface area contributed by atoms with Gasteiger partial charge < -0.3 is 14.6 Å². The topological polar surface area (TPSA) is 76.0 Å². The molecule has 0 spiro atoms. The monoisotopic (exact) mass is 355 g/mol. The highest BCUT2D eigenvalue weighted by molar-refractivity contribution is 7.14. The van der Waals surface area contributed by atoms with Gasteiger partial charge in [0, 0.05) is 16.5 Å². The zero-order valence-corrected chi connectivity index (χ0v) is 14.6. The van der Waals surface area contributed by atoms with Crippen molar-refractivity contribution in [3.63, 3.8) is 0 Å². The zero-order chi connectivity index (χ0) is 17.6. The molecule has 2 N–H and O–H groups in total. The van der Waals surface area contributed by atoms with Crippen LogP contribution in [0.2, 0.25) is 0 Å². The second-order valence-corrected chi connectivity index (χ2v) is 5.92. The van der Waals surface area contributed by atoms with Crippen molar-refractivity contribution in [2.24, 2.45) is 5.10 Å². The Morgan fingerprint density at radius 2 is 1.92 bits per heavy atom. The Morgan fingerprint density at radius 1 is 1.12 bits per heavy atom. The van der Waals surface area contributed by atoms with Crippen LogP contribution in [0.5, 0.6) is 17.2 Å². The van der Waals surface area contributed by atoms with Crippen molar-refractivity contribution in [1.82, 2.24) is 4.98 Å². The Labute approximate surface area is 149 Å². The van der Waals surface area contributed by atoms with Gasteiger partial charge in [0.2, 0.25) is 5.13 Å². The van der Waals surface area contributed by atoms with Crippen LogP contribution in [0.25, 0.3) is 11.3 Å². The van der Waals surface area contributed by atoms with Gasteiger partial charge in [0.1, 0.15) is 17.2 Å². The number of benzene rings is 2. The summed E-state index contributed by atoms with van der Waals surface area (Å²) in [5.41, 5.74) is 5.46. The number of thiazole rings is 1. The SMILES string of the molecule is COc1ccc(OC)c(/C=N\Nc2nc(-c3ccc(O)cc3)cs2)c1. The molecule has 0 radical (unpaired) electrons. The lowest BCUT2D eigenvalue weighted by Crippen LogP contribution is -1.95. The Morgan fingerprint density at radius 3 is 2.64 bits per heavy atom. The fraction of sp³-hybridized carbons (Fsp3) is 0.111. The summed E-state index contributed by atoms with van der Waals surface area (Å²) >= 11 is 1.45. The molecule has 7 heteroatoms. The largest absolute Gasteiger partial charge is 0.508 e. The van der Waals surface area contributed by atoms with Crippen molar-refractivity contribution in [2.75, 3.05) is 19.6 Å². The minimum absolute atomic E-state index is 0.231. The molecular formula is C18H17N3O3S. The summed E-state index contributed by atoms with van der Waals surface area (Å²) in [6.07, 6.45) is 1.66. The van der Waals surface area contributed by atoms with Crippen molar-refractivity contribution in [3.8, 4) is 28.5 Å². The number of aromatic hydroxyl groups is 1. The molecule has 0 aliphatic heterocycles. The summed E-state index contributed by atoms with van der Waals surface area (Å²) in [4.78, 5) is 4.47. The van der Waals surface area contributed by atoms with E-state index < -0.39 is 0 Å². The van der Waals surface area contributed by atoms with E-state index in [0.29, 0.717) is 10.9 Å². The molecule has 3 aromatic rings. The fourth-order valence-corrected chi connectivity index (χ4v) is 2.86. The number of phenolic OH excluding ortho intramolecular Hbond substituents is 1. The molecule has 0 saturated carbocycles. The van der Waals surface area contributed by atoms with E-state index in [2.05, 4.69) is 15.5 Å². The van der Waals surface area contributed by atoms with Crippen LogP contribution < -0.4 is 14.9 Å². The average molecular weight is 355 g/mol. The third-order valence-corrected chi connectivity index (χ3v) is 4.21. The smallest absolute Gasteiger partial charge is 0.203 e. The molecule has 0 atom stereocenters. The third kappa shape index (κ3) is 4.07. The highest BCUT2D eigenvalue weighted by Crippen LogP contribution is 2.26. The molecule has 1 heterocycles. The van der Waals surface area contributed by atoms with Gasteiger partial charge in [0.05, 0.1) is 26.1 Å². The number of ether oxygens (including phenoxy) is 2. The highest BCUT2D eigenvalue weighted by Gasteiger charge is 2.05. The number of hydrazone groups is 1. The molecule has 6 nitrogen and oxygen atoms in total. The van der Waals surface area contributed by atoms with Crippen LogP contribution in [0, 0.1) is 0 Å². The van der Waals surface area contributed by atoms with E-state index in [-0.39, 0.29) is 5.75 Å². The van der Waals surface area contributed by atoms with Crippen molar-refractivity contribution in [3.05, 3.63) is 53.4 Å². The molecule has 1 aromatic heterocycles. The molecule has 0 aliphatic carbocycles. The van der Waals surface area contributed by atoms with Crippen LogP contribution >= 0.6 is 11.3 Å². The van der Waals surface area contributed by atoms with E-state index in [1.165, 1.54) is 11.3 Å². The number of methoxy groups -OCH3 is 2. The van der Waals surface area contributed by atoms with E-state index in [9.17, 15) is 5.11 Å².